The number of hydrogen-bond donors (Lipinski definition) is 1. The van der Waals surface area contributed by atoms with Gasteiger partial charge in [-0.1, -0.05) is 19.4 Å². The molecule has 0 unspecified atom stereocenters. The highest BCUT2D eigenvalue weighted by Gasteiger charge is 2.10. The first-order chi connectivity index (χ1) is 9.72. The summed E-state index contributed by atoms with van der Waals surface area (Å²) in [5.74, 6) is 0.0338. The fourth-order valence-corrected chi connectivity index (χ4v) is 1.62. The number of pyridine rings is 1. The highest BCUT2D eigenvalue weighted by molar-refractivity contribution is 5.93. The minimum Gasteiger partial charge on any atom is -0.462 e. The number of aromatic nitrogens is 1. The maximum Gasteiger partial charge on any atom is 0.350 e. The molecule has 1 N–H and O–H groups in total. The SMILES string of the molecule is CCCCc1cccnc1N/C=C(/C#N)C(=O)OCC. The fraction of sp³-hybridized carbons (Fsp3) is 0.400. The van der Waals surface area contributed by atoms with E-state index >= 15 is 0 Å². The van der Waals surface area contributed by atoms with Gasteiger partial charge in [0.15, 0.2) is 5.57 Å². The lowest BCUT2D eigenvalue weighted by Gasteiger charge is -2.07. The third-order valence-electron chi connectivity index (χ3n) is 2.66. The van der Waals surface area contributed by atoms with Crippen molar-refractivity contribution in [1.29, 1.82) is 5.26 Å². The number of unbranched alkanes of at least 4 members (excludes halogenated alkanes) is 1. The number of carbonyl (C=O) groups is 1. The molecule has 0 saturated carbocycles. The van der Waals surface area contributed by atoms with Gasteiger partial charge in [0.2, 0.25) is 0 Å². The van der Waals surface area contributed by atoms with Crippen LogP contribution in [0.3, 0.4) is 0 Å². The molecule has 0 aliphatic carbocycles. The molecule has 1 heterocycles. The van der Waals surface area contributed by atoms with E-state index in [1.54, 1.807) is 13.1 Å². The average Bonchev–Trinajstić information content (AvgIpc) is 2.47. The largest absolute Gasteiger partial charge is 0.462 e. The van der Waals surface area contributed by atoms with Crippen LogP contribution in [0.4, 0.5) is 5.82 Å². The van der Waals surface area contributed by atoms with Crippen LogP contribution in [0.5, 0.6) is 0 Å². The molecule has 5 nitrogen and oxygen atoms in total. The molecule has 5 heteroatoms. The van der Waals surface area contributed by atoms with Crippen molar-refractivity contribution in [2.45, 2.75) is 33.1 Å². The van der Waals surface area contributed by atoms with Gasteiger partial charge in [-0.25, -0.2) is 9.78 Å². The summed E-state index contributed by atoms with van der Waals surface area (Å²) in [5.41, 5.74) is 0.991. The zero-order valence-corrected chi connectivity index (χ0v) is 11.8. The van der Waals surface area contributed by atoms with Crippen LogP contribution in [0, 0.1) is 11.3 Å². The number of ether oxygens (including phenoxy) is 1. The number of rotatable bonds is 7. The van der Waals surface area contributed by atoms with Crippen LogP contribution in [0.2, 0.25) is 0 Å². The molecule has 0 aliphatic rings. The van der Waals surface area contributed by atoms with Crippen molar-refractivity contribution < 1.29 is 9.53 Å². The third-order valence-corrected chi connectivity index (χ3v) is 2.66. The van der Waals surface area contributed by atoms with E-state index in [0.717, 1.165) is 24.8 Å². The Labute approximate surface area is 119 Å². The van der Waals surface area contributed by atoms with Crippen LogP contribution < -0.4 is 5.32 Å². The topological polar surface area (TPSA) is 75.0 Å². The molecule has 20 heavy (non-hydrogen) atoms. The van der Waals surface area contributed by atoms with E-state index in [2.05, 4.69) is 17.2 Å². The monoisotopic (exact) mass is 273 g/mol. The molecule has 0 spiro atoms. The summed E-state index contributed by atoms with van der Waals surface area (Å²) >= 11 is 0. The Morgan fingerprint density at radius 1 is 1.55 bits per heavy atom. The Morgan fingerprint density at radius 2 is 2.35 bits per heavy atom. The Hall–Kier alpha value is -2.35. The molecule has 0 radical (unpaired) electrons. The molecule has 1 aromatic rings. The highest BCUT2D eigenvalue weighted by Crippen LogP contribution is 2.15. The van der Waals surface area contributed by atoms with Gasteiger partial charge in [-0.05, 0) is 31.4 Å². The van der Waals surface area contributed by atoms with Gasteiger partial charge >= 0.3 is 5.97 Å². The van der Waals surface area contributed by atoms with E-state index in [9.17, 15) is 4.79 Å². The number of aryl methyl sites for hydroxylation is 1. The summed E-state index contributed by atoms with van der Waals surface area (Å²) in [6, 6.07) is 5.67. The van der Waals surface area contributed by atoms with Crippen LogP contribution in [-0.2, 0) is 16.0 Å². The van der Waals surface area contributed by atoms with Crippen molar-refractivity contribution in [3.8, 4) is 6.07 Å². The third kappa shape index (κ3) is 4.73. The number of nitriles is 1. The summed E-state index contributed by atoms with van der Waals surface area (Å²) < 4.78 is 4.79. The van der Waals surface area contributed by atoms with Gasteiger partial charge in [0.05, 0.1) is 6.61 Å². The molecule has 0 aromatic carbocycles. The number of nitrogens with zero attached hydrogens (tertiary/aromatic N) is 2. The Morgan fingerprint density at radius 3 is 3.00 bits per heavy atom. The predicted molar refractivity (Wildman–Crippen MR) is 76.8 cm³/mol. The van der Waals surface area contributed by atoms with Gasteiger partial charge < -0.3 is 10.1 Å². The van der Waals surface area contributed by atoms with E-state index in [-0.39, 0.29) is 12.2 Å². The second-order valence-corrected chi connectivity index (χ2v) is 4.15. The fourth-order valence-electron chi connectivity index (χ4n) is 1.62. The van der Waals surface area contributed by atoms with Crippen LogP contribution in [0.15, 0.2) is 30.1 Å². The first-order valence-electron chi connectivity index (χ1n) is 6.70. The van der Waals surface area contributed by atoms with Gasteiger partial charge in [-0.15, -0.1) is 0 Å². The second-order valence-electron chi connectivity index (χ2n) is 4.15. The van der Waals surface area contributed by atoms with Crippen molar-refractivity contribution in [3.63, 3.8) is 0 Å². The quantitative estimate of drug-likeness (QED) is 0.469. The van der Waals surface area contributed by atoms with E-state index in [0.29, 0.717) is 5.82 Å². The molecule has 0 amide bonds. The van der Waals surface area contributed by atoms with Crippen LogP contribution in [-0.4, -0.2) is 17.6 Å². The molecule has 0 saturated heterocycles. The lowest BCUT2D eigenvalue weighted by molar-refractivity contribution is -0.138. The molecule has 0 aliphatic heterocycles. The number of nitrogens with one attached hydrogen (secondary N) is 1. The number of carbonyl (C=O) groups excluding carboxylic acids is 1. The summed E-state index contributed by atoms with van der Waals surface area (Å²) in [4.78, 5) is 15.7. The smallest absolute Gasteiger partial charge is 0.350 e. The van der Waals surface area contributed by atoms with Crippen molar-refractivity contribution in [2.75, 3.05) is 11.9 Å². The molecule has 106 valence electrons. The number of anilines is 1. The van der Waals surface area contributed by atoms with E-state index in [1.165, 1.54) is 6.20 Å². The zero-order valence-electron chi connectivity index (χ0n) is 11.8. The molecular weight excluding hydrogens is 254 g/mol. The Bertz CT molecular complexity index is 518. The number of esters is 1. The summed E-state index contributed by atoms with van der Waals surface area (Å²) in [6.07, 6.45) is 6.07. The predicted octanol–water partition coefficient (Wildman–Crippen LogP) is 2.81. The molecule has 0 fully saturated rings. The maximum absolute atomic E-state index is 11.5. The van der Waals surface area contributed by atoms with Crippen molar-refractivity contribution in [1.82, 2.24) is 4.98 Å². The zero-order chi connectivity index (χ0) is 14.8. The van der Waals surface area contributed by atoms with E-state index in [1.807, 2.05) is 18.2 Å². The van der Waals surface area contributed by atoms with Gasteiger partial charge in [-0.3, -0.25) is 0 Å². The normalized spacial score (nSPS) is 10.8. The molecular formula is C15H19N3O2. The average molecular weight is 273 g/mol. The molecule has 0 bridgehead atoms. The summed E-state index contributed by atoms with van der Waals surface area (Å²) in [6.45, 7) is 4.06. The number of hydrogen-bond acceptors (Lipinski definition) is 5. The van der Waals surface area contributed by atoms with E-state index < -0.39 is 5.97 Å². The van der Waals surface area contributed by atoms with Crippen molar-refractivity contribution >= 4 is 11.8 Å². The molecule has 0 atom stereocenters. The van der Waals surface area contributed by atoms with Crippen LogP contribution in [0.25, 0.3) is 0 Å². The molecule has 1 aromatic heterocycles. The van der Waals surface area contributed by atoms with E-state index in [4.69, 9.17) is 10.00 Å². The Kier molecular flexibility index (Phi) is 6.83. The maximum atomic E-state index is 11.5. The van der Waals surface area contributed by atoms with Crippen molar-refractivity contribution in [2.24, 2.45) is 0 Å². The summed E-state index contributed by atoms with van der Waals surface area (Å²) in [5, 5.41) is 11.8. The lowest BCUT2D eigenvalue weighted by Crippen LogP contribution is -2.08. The van der Waals surface area contributed by atoms with Crippen molar-refractivity contribution in [3.05, 3.63) is 35.7 Å². The van der Waals surface area contributed by atoms with Gasteiger partial charge in [-0.2, -0.15) is 5.26 Å². The highest BCUT2D eigenvalue weighted by atomic mass is 16.5. The van der Waals surface area contributed by atoms with Gasteiger partial charge in [0.25, 0.3) is 0 Å². The van der Waals surface area contributed by atoms with Crippen LogP contribution >= 0.6 is 0 Å². The standard InChI is InChI=1S/C15H19N3O2/c1-3-5-7-12-8-6-9-17-14(12)18-11-13(10-16)15(19)20-4-2/h6,8-9,11H,3-5,7H2,1-2H3,(H,17,18)/b13-11-. The minimum atomic E-state index is -0.631. The molecule has 1 rings (SSSR count). The second kappa shape index (κ2) is 8.70. The first-order valence-corrected chi connectivity index (χ1v) is 6.70. The lowest BCUT2D eigenvalue weighted by atomic mass is 10.1. The summed E-state index contributed by atoms with van der Waals surface area (Å²) in [7, 11) is 0. The Balaban J connectivity index is 2.82. The minimum absolute atomic E-state index is 0.0704. The van der Waals surface area contributed by atoms with Crippen LogP contribution in [0.1, 0.15) is 32.3 Å². The van der Waals surface area contributed by atoms with Gasteiger partial charge in [0.1, 0.15) is 11.9 Å². The van der Waals surface area contributed by atoms with Gasteiger partial charge in [0, 0.05) is 12.4 Å². The first kappa shape index (κ1) is 15.7.